The summed E-state index contributed by atoms with van der Waals surface area (Å²) in [6, 6.07) is 8.49. The highest BCUT2D eigenvalue weighted by atomic mass is 32.2. The van der Waals surface area contributed by atoms with Crippen LogP contribution < -0.4 is 5.73 Å². The van der Waals surface area contributed by atoms with Gasteiger partial charge in [0.15, 0.2) is 0 Å². The van der Waals surface area contributed by atoms with Crippen molar-refractivity contribution in [2.75, 3.05) is 11.5 Å². The number of aromatic nitrogens is 1. The topological polar surface area (TPSA) is 52.0 Å². The number of aryl methyl sites for hydroxylation is 1. The van der Waals surface area contributed by atoms with Gasteiger partial charge in [0.25, 0.3) is 6.01 Å². The van der Waals surface area contributed by atoms with Crippen LogP contribution in [0, 0.1) is 6.92 Å². The van der Waals surface area contributed by atoms with Crippen molar-refractivity contribution in [3.05, 3.63) is 30.0 Å². The first kappa shape index (κ1) is 11.1. The molecule has 0 radical (unpaired) electrons. The Bertz CT molecular complexity index is 476. The van der Waals surface area contributed by atoms with Crippen LogP contribution in [-0.2, 0) is 0 Å². The summed E-state index contributed by atoms with van der Waals surface area (Å²) in [5, 5.41) is 0. The van der Waals surface area contributed by atoms with Crippen LogP contribution in [0.1, 0.15) is 12.7 Å². The molecule has 3 nitrogen and oxygen atoms in total. The number of benzene rings is 1. The molecule has 2 rings (SSSR count). The first-order valence-corrected chi connectivity index (χ1v) is 6.15. The van der Waals surface area contributed by atoms with Crippen LogP contribution in [0.4, 0.5) is 6.01 Å². The lowest BCUT2D eigenvalue weighted by Crippen LogP contribution is -1.84. The summed E-state index contributed by atoms with van der Waals surface area (Å²) in [6.07, 6.45) is 0. The van der Waals surface area contributed by atoms with Crippen molar-refractivity contribution in [1.82, 2.24) is 4.98 Å². The zero-order valence-electron chi connectivity index (χ0n) is 9.36. The molecule has 0 aliphatic carbocycles. The highest BCUT2D eigenvalue weighted by molar-refractivity contribution is 7.99. The van der Waals surface area contributed by atoms with E-state index in [2.05, 4.69) is 24.0 Å². The highest BCUT2D eigenvalue weighted by Crippen LogP contribution is 2.26. The van der Waals surface area contributed by atoms with Crippen molar-refractivity contribution < 1.29 is 4.42 Å². The highest BCUT2D eigenvalue weighted by Gasteiger charge is 2.09. The molecular weight excluding hydrogens is 220 g/mol. The minimum atomic E-state index is 0.222. The number of nitrogens with zero attached hydrogens (tertiary/aromatic N) is 1. The third-order valence-corrected chi connectivity index (χ3v) is 3.15. The first-order valence-electron chi connectivity index (χ1n) is 5.17. The second-order valence-corrected chi connectivity index (χ2v) is 4.75. The van der Waals surface area contributed by atoms with E-state index >= 15 is 0 Å². The fraction of sp³-hybridized carbons (Fsp3) is 0.250. The van der Waals surface area contributed by atoms with Gasteiger partial charge in [0.2, 0.25) is 0 Å². The minimum absolute atomic E-state index is 0.222. The molecular formula is C12H14N2OS. The van der Waals surface area contributed by atoms with Gasteiger partial charge in [-0.1, -0.05) is 19.1 Å². The van der Waals surface area contributed by atoms with E-state index in [1.807, 2.05) is 30.8 Å². The molecule has 1 aromatic carbocycles. The molecule has 1 aromatic heterocycles. The molecule has 0 bridgehead atoms. The monoisotopic (exact) mass is 234 g/mol. The van der Waals surface area contributed by atoms with Gasteiger partial charge in [-0.25, -0.2) is 0 Å². The molecule has 0 saturated heterocycles. The average molecular weight is 234 g/mol. The minimum Gasteiger partial charge on any atom is -0.429 e. The van der Waals surface area contributed by atoms with Crippen LogP contribution >= 0.6 is 11.8 Å². The lowest BCUT2D eigenvalue weighted by Gasteiger charge is -2.00. The lowest BCUT2D eigenvalue weighted by atomic mass is 10.1. The van der Waals surface area contributed by atoms with E-state index in [1.54, 1.807) is 0 Å². The predicted octanol–water partition coefficient (Wildman–Crippen LogP) is 3.34. The lowest BCUT2D eigenvalue weighted by molar-refractivity contribution is 0.549. The molecule has 16 heavy (non-hydrogen) atoms. The fourth-order valence-electron chi connectivity index (χ4n) is 1.56. The molecule has 0 saturated carbocycles. The van der Waals surface area contributed by atoms with Crippen LogP contribution in [0.25, 0.3) is 11.3 Å². The molecule has 0 atom stereocenters. The number of rotatable bonds is 3. The van der Waals surface area contributed by atoms with Crippen LogP contribution in [0.15, 0.2) is 33.6 Å². The number of nitrogens with two attached hydrogens (primary N) is 1. The van der Waals surface area contributed by atoms with Crippen LogP contribution in [0.3, 0.4) is 0 Å². The Morgan fingerprint density at radius 2 is 2.00 bits per heavy atom. The molecule has 1 heterocycles. The summed E-state index contributed by atoms with van der Waals surface area (Å²) in [5.41, 5.74) is 7.38. The van der Waals surface area contributed by atoms with Crippen LogP contribution in [0.2, 0.25) is 0 Å². The largest absolute Gasteiger partial charge is 0.429 e. The first-order chi connectivity index (χ1) is 7.70. The predicted molar refractivity (Wildman–Crippen MR) is 67.5 cm³/mol. The van der Waals surface area contributed by atoms with Gasteiger partial charge in [0.1, 0.15) is 11.5 Å². The Labute approximate surface area is 99.1 Å². The number of oxazole rings is 1. The Morgan fingerprint density at radius 3 is 2.50 bits per heavy atom. The molecule has 0 spiro atoms. The van der Waals surface area contributed by atoms with E-state index in [1.165, 1.54) is 4.90 Å². The van der Waals surface area contributed by atoms with E-state index < -0.39 is 0 Å². The maximum Gasteiger partial charge on any atom is 0.292 e. The van der Waals surface area contributed by atoms with Gasteiger partial charge >= 0.3 is 0 Å². The average Bonchev–Trinajstić information content (AvgIpc) is 2.59. The van der Waals surface area contributed by atoms with Gasteiger partial charge in [0, 0.05) is 10.5 Å². The Kier molecular flexibility index (Phi) is 3.19. The summed E-state index contributed by atoms with van der Waals surface area (Å²) >= 11 is 1.82. The number of hydrogen-bond donors (Lipinski definition) is 1. The number of nitrogen functional groups attached to an aromatic ring is 1. The van der Waals surface area contributed by atoms with Crippen LogP contribution in [0.5, 0.6) is 0 Å². The van der Waals surface area contributed by atoms with E-state index in [0.29, 0.717) is 0 Å². The molecule has 2 N–H and O–H groups in total. The van der Waals surface area contributed by atoms with Crippen molar-refractivity contribution in [1.29, 1.82) is 0 Å². The smallest absolute Gasteiger partial charge is 0.292 e. The number of anilines is 1. The van der Waals surface area contributed by atoms with Gasteiger partial charge in [-0.3, -0.25) is 0 Å². The molecule has 4 heteroatoms. The summed E-state index contributed by atoms with van der Waals surface area (Å²) < 4.78 is 5.21. The van der Waals surface area contributed by atoms with E-state index in [-0.39, 0.29) is 6.01 Å². The molecule has 0 aliphatic rings. The van der Waals surface area contributed by atoms with Gasteiger partial charge < -0.3 is 10.2 Å². The maximum absolute atomic E-state index is 5.51. The second kappa shape index (κ2) is 4.61. The van der Waals surface area contributed by atoms with Crippen molar-refractivity contribution in [3.63, 3.8) is 0 Å². The van der Waals surface area contributed by atoms with E-state index in [4.69, 9.17) is 10.2 Å². The number of hydrogen-bond acceptors (Lipinski definition) is 4. The number of thioether (sulfide) groups is 1. The second-order valence-electron chi connectivity index (χ2n) is 3.41. The normalized spacial score (nSPS) is 10.6. The summed E-state index contributed by atoms with van der Waals surface area (Å²) in [6.45, 7) is 4.01. The molecule has 0 amide bonds. The standard InChI is InChI=1S/C12H14N2OS/c1-3-16-10-6-4-9(5-7-10)11-8(2)15-12(13)14-11/h4-7H,3H2,1-2H3,(H2,13,14). The fourth-order valence-corrected chi connectivity index (χ4v) is 2.22. The maximum atomic E-state index is 5.51. The van der Waals surface area contributed by atoms with Gasteiger partial charge in [-0.15, -0.1) is 11.8 Å². The van der Waals surface area contributed by atoms with Gasteiger partial charge in [-0.2, -0.15) is 4.98 Å². The SMILES string of the molecule is CCSc1ccc(-c2nc(N)oc2C)cc1. The van der Waals surface area contributed by atoms with Crippen molar-refractivity contribution >= 4 is 17.8 Å². The van der Waals surface area contributed by atoms with Crippen LogP contribution in [-0.4, -0.2) is 10.7 Å². The molecule has 0 unspecified atom stereocenters. The molecule has 84 valence electrons. The summed E-state index contributed by atoms with van der Waals surface area (Å²) in [5.74, 6) is 1.84. The summed E-state index contributed by atoms with van der Waals surface area (Å²) in [7, 11) is 0. The Balaban J connectivity index is 2.31. The van der Waals surface area contributed by atoms with Crippen molar-refractivity contribution in [3.8, 4) is 11.3 Å². The third-order valence-electron chi connectivity index (χ3n) is 2.25. The zero-order chi connectivity index (χ0) is 11.5. The van der Waals surface area contributed by atoms with E-state index in [9.17, 15) is 0 Å². The zero-order valence-corrected chi connectivity index (χ0v) is 10.2. The Hall–Kier alpha value is -1.42. The van der Waals surface area contributed by atoms with Gasteiger partial charge in [-0.05, 0) is 24.8 Å². The third kappa shape index (κ3) is 2.22. The quantitative estimate of drug-likeness (QED) is 0.827. The van der Waals surface area contributed by atoms with Gasteiger partial charge in [0.05, 0.1) is 0 Å². The molecule has 0 aliphatic heterocycles. The molecule has 2 aromatic rings. The van der Waals surface area contributed by atoms with Crippen molar-refractivity contribution in [2.45, 2.75) is 18.7 Å². The summed E-state index contributed by atoms with van der Waals surface area (Å²) in [4.78, 5) is 5.42. The Morgan fingerprint density at radius 1 is 1.31 bits per heavy atom. The van der Waals surface area contributed by atoms with E-state index in [0.717, 1.165) is 22.8 Å². The van der Waals surface area contributed by atoms with Crippen molar-refractivity contribution in [2.24, 2.45) is 0 Å². The molecule has 0 fully saturated rings.